The molecule has 2 atom stereocenters. The van der Waals surface area contributed by atoms with Gasteiger partial charge in [-0.25, -0.2) is 0 Å². The Kier molecular flexibility index (Phi) is 5.97. The fourth-order valence-electron chi connectivity index (χ4n) is 2.09. The van der Waals surface area contributed by atoms with Crippen molar-refractivity contribution in [3.63, 3.8) is 0 Å². The van der Waals surface area contributed by atoms with Crippen LogP contribution in [0.25, 0.3) is 0 Å². The highest BCUT2D eigenvalue weighted by atomic mass is 35.5. The van der Waals surface area contributed by atoms with Crippen LogP contribution in [0.15, 0.2) is 18.2 Å². The van der Waals surface area contributed by atoms with Gasteiger partial charge in [0.2, 0.25) is 0 Å². The van der Waals surface area contributed by atoms with E-state index in [1.807, 2.05) is 7.05 Å². The third kappa shape index (κ3) is 3.63. The molecule has 2 unspecified atom stereocenters. The summed E-state index contributed by atoms with van der Waals surface area (Å²) in [5.41, 5.74) is 2.34. The van der Waals surface area contributed by atoms with Crippen LogP contribution in [-0.4, -0.2) is 20.1 Å². The first-order chi connectivity index (χ1) is 8.51. The van der Waals surface area contributed by atoms with Gasteiger partial charge in [-0.1, -0.05) is 31.0 Å². The number of rotatable bonds is 6. The molecular weight excluding hydrogens is 244 g/mol. The van der Waals surface area contributed by atoms with Gasteiger partial charge in [0, 0.05) is 19.1 Å². The molecule has 0 spiro atoms. The molecule has 3 heteroatoms. The smallest absolute Gasteiger partial charge is 0.0642 e. The summed E-state index contributed by atoms with van der Waals surface area (Å²) in [7, 11) is 4.07. The van der Waals surface area contributed by atoms with Gasteiger partial charge in [-0.05, 0) is 45.0 Å². The number of hydrogen-bond acceptors (Lipinski definition) is 2. The van der Waals surface area contributed by atoms with Crippen LogP contribution >= 0.6 is 11.6 Å². The Hall–Kier alpha value is -0.730. The van der Waals surface area contributed by atoms with Crippen molar-refractivity contribution in [2.75, 3.05) is 19.0 Å². The predicted molar refractivity (Wildman–Crippen MR) is 81.7 cm³/mol. The Morgan fingerprint density at radius 1 is 1.33 bits per heavy atom. The summed E-state index contributed by atoms with van der Waals surface area (Å²) < 4.78 is 0. The first kappa shape index (κ1) is 15.3. The molecular formula is C15H25ClN2. The number of halogens is 1. The molecule has 0 aliphatic heterocycles. The molecule has 0 fully saturated rings. The number of hydrogen-bond donors (Lipinski definition) is 1. The first-order valence-electron chi connectivity index (χ1n) is 6.70. The molecule has 102 valence electrons. The summed E-state index contributed by atoms with van der Waals surface area (Å²) in [6.07, 6.45) is 2.37. The lowest BCUT2D eigenvalue weighted by Crippen LogP contribution is -2.28. The van der Waals surface area contributed by atoms with Gasteiger partial charge >= 0.3 is 0 Å². The lowest BCUT2D eigenvalue weighted by molar-refractivity contribution is 0.615. The van der Waals surface area contributed by atoms with Crippen molar-refractivity contribution in [1.82, 2.24) is 5.32 Å². The highest BCUT2D eigenvalue weighted by Crippen LogP contribution is 2.30. The second-order valence-corrected chi connectivity index (χ2v) is 5.38. The minimum atomic E-state index is 0.329. The van der Waals surface area contributed by atoms with E-state index in [-0.39, 0.29) is 0 Å². The first-order valence-corrected chi connectivity index (χ1v) is 7.08. The zero-order valence-corrected chi connectivity index (χ0v) is 12.9. The van der Waals surface area contributed by atoms with Crippen molar-refractivity contribution in [3.05, 3.63) is 28.8 Å². The highest BCUT2D eigenvalue weighted by Gasteiger charge is 2.13. The molecule has 1 aromatic carbocycles. The normalized spacial score (nSPS) is 14.3. The van der Waals surface area contributed by atoms with Gasteiger partial charge in [-0.2, -0.15) is 0 Å². The lowest BCUT2D eigenvalue weighted by atomic mass is 10.1. The average Bonchev–Trinajstić information content (AvgIpc) is 2.37. The molecule has 2 nitrogen and oxygen atoms in total. The molecule has 18 heavy (non-hydrogen) atoms. The van der Waals surface area contributed by atoms with Crippen LogP contribution in [0.4, 0.5) is 5.69 Å². The Balaban J connectivity index is 2.91. The number of benzene rings is 1. The monoisotopic (exact) mass is 268 g/mol. The molecule has 0 saturated carbocycles. The van der Waals surface area contributed by atoms with Crippen molar-refractivity contribution in [2.45, 2.75) is 45.7 Å². The van der Waals surface area contributed by atoms with E-state index in [4.69, 9.17) is 11.6 Å². The number of anilines is 1. The average molecular weight is 269 g/mol. The largest absolute Gasteiger partial charge is 0.371 e. The van der Waals surface area contributed by atoms with Crippen molar-refractivity contribution >= 4 is 17.3 Å². The van der Waals surface area contributed by atoms with Gasteiger partial charge in [0.15, 0.2) is 0 Å². The second kappa shape index (κ2) is 7.01. The van der Waals surface area contributed by atoms with Gasteiger partial charge < -0.3 is 10.2 Å². The number of nitrogens with one attached hydrogen (secondary N) is 1. The topological polar surface area (TPSA) is 15.3 Å². The quantitative estimate of drug-likeness (QED) is 0.830. The highest BCUT2D eigenvalue weighted by molar-refractivity contribution is 6.33. The van der Waals surface area contributed by atoms with E-state index in [1.54, 1.807) is 0 Å². The van der Waals surface area contributed by atoms with Crippen LogP contribution < -0.4 is 10.2 Å². The molecule has 0 bridgehead atoms. The Morgan fingerprint density at radius 3 is 2.50 bits per heavy atom. The summed E-state index contributed by atoms with van der Waals surface area (Å²) in [5.74, 6) is 0. The zero-order valence-electron chi connectivity index (χ0n) is 12.1. The molecule has 0 aromatic heterocycles. The fraction of sp³-hybridized carbons (Fsp3) is 0.600. The van der Waals surface area contributed by atoms with E-state index in [0.29, 0.717) is 12.1 Å². The summed E-state index contributed by atoms with van der Waals surface area (Å²) in [5, 5.41) is 4.06. The maximum atomic E-state index is 6.40. The van der Waals surface area contributed by atoms with E-state index in [0.717, 1.165) is 10.7 Å². The van der Waals surface area contributed by atoms with Gasteiger partial charge in [0.25, 0.3) is 0 Å². The van der Waals surface area contributed by atoms with Gasteiger partial charge in [-0.3, -0.25) is 0 Å². The minimum absolute atomic E-state index is 0.329. The molecule has 0 aliphatic carbocycles. The van der Waals surface area contributed by atoms with E-state index in [1.165, 1.54) is 18.4 Å². The second-order valence-electron chi connectivity index (χ2n) is 4.97. The van der Waals surface area contributed by atoms with E-state index in [9.17, 15) is 0 Å². The van der Waals surface area contributed by atoms with Crippen molar-refractivity contribution < 1.29 is 0 Å². The van der Waals surface area contributed by atoms with Crippen LogP contribution in [-0.2, 0) is 0 Å². The standard InChI is InChI=1S/C15H25ClN2/c1-6-7-11(2)18(5)15-9-8-13(10-14(15)16)12(3)17-4/h8-12,17H,6-7H2,1-5H3. The van der Waals surface area contributed by atoms with Crippen molar-refractivity contribution in [2.24, 2.45) is 0 Å². The molecule has 1 N–H and O–H groups in total. The molecule has 0 heterocycles. The Morgan fingerprint density at radius 2 is 2.00 bits per heavy atom. The summed E-state index contributed by atoms with van der Waals surface area (Å²) >= 11 is 6.40. The molecule has 0 aliphatic rings. The molecule has 0 amide bonds. The van der Waals surface area contributed by atoms with E-state index in [2.05, 4.69) is 56.2 Å². The Bertz CT molecular complexity index is 379. The van der Waals surface area contributed by atoms with Crippen LogP contribution in [0.5, 0.6) is 0 Å². The molecule has 1 aromatic rings. The van der Waals surface area contributed by atoms with Gasteiger partial charge in [-0.15, -0.1) is 0 Å². The third-order valence-electron chi connectivity index (χ3n) is 3.65. The Labute approximate surface area is 116 Å². The fourth-order valence-corrected chi connectivity index (χ4v) is 2.42. The maximum Gasteiger partial charge on any atom is 0.0642 e. The van der Waals surface area contributed by atoms with Crippen LogP contribution in [0.2, 0.25) is 5.02 Å². The summed E-state index contributed by atoms with van der Waals surface area (Å²) in [6.45, 7) is 6.59. The van der Waals surface area contributed by atoms with Gasteiger partial charge in [0.1, 0.15) is 0 Å². The van der Waals surface area contributed by atoms with Crippen LogP contribution in [0.3, 0.4) is 0 Å². The SMILES string of the molecule is CCCC(C)N(C)c1ccc(C(C)NC)cc1Cl. The van der Waals surface area contributed by atoms with Gasteiger partial charge in [0.05, 0.1) is 10.7 Å². The molecule has 0 saturated heterocycles. The zero-order chi connectivity index (χ0) is 13.7. The van der Waals surface area contributed by atoms with Crippen LogP contribution in [0, 0.1) is 0 Å². The summed E-state index contributed by atoms with van der Waals surface area (Å²) in [4.78, 5) is 2.26. The minimum Gasteiger partial charge on any atom is -0.371 e. The third-order valence-corrected chi connectivity index (χ3v) is 3.96. The van der Waals surface area contributed by atoms with Crippen molar-refractivity contribution in [3.8, 4) is 0 Å². The van der Waals surface area contributed by atoms with E-state index < -0.39 is 0 Å². The van der Waals surface area contributed by atoms with Crippen molar-refractivity contribution in [1.29, 1.82) is 0 Å². The summed E-state index contributed by atoms with van der Waals surface area (Å²) in [6, 6.07) is 7.18. The molecule has 1 rings (SSSR count). The predicted octanol–water partition coefficient (Wildman–Crippen LogP) is 4.25. The number of nitrogens with zero attached hydrogens (tertiary/aromatic N) is 1. The lowest BCUT2D eigenvalue weighted by Gasteiger charge is -2.28. The van der Waals surface area contributed by atoms with Crippen LogP contribution in [0.1, 0.15) is 45.2 Å². The maximum absolute atomic E-state index is 6.40. The van der Waals surface area contributed by atoms with E-state index >= 15 is 0 Å². The molecule has 0 radical (unpaired) electrons.